The molecule has 10 nitrogen and oxygen atoms in total. The summed E-state index contributed by atoms with van der Waals surface area (Å²) in [5, 5.41) is 25.0. The lowest BCUT2D eigenvalue weighted by molar-refractivity contribution is -0.139. The number of hydrogen-bond donors (Lipinski definition) is 6. The molecule has 0 saturated heterocycles. The van der Waals surface area contributed by atoms with Crippen LogP contribution in [0.5, 0.6) is 0 Å². The van der Waals surface area contributed by atoms with Crippen LogP contribution in [0.3, 0.4) is 0 Å². The minimum absolute atomic E-state index is 0.137. The first-order chi connectivity index (χ1) is 13.6. The molecule has 0 saturated carbocycles. The highest BCUT2D eigenvalue weighted by Gasteiger charge is 2.28. The Morgan fingerprint density at radius 3 is 2.07 bits per heavy atom. The van der Waals surface area contributed by atoms with E-state index in [4.69, 9.17) is 10.8 Å². The van der Waals surface area contributed by atoms with Crippen LogP contribution in [0.15, 0.2) is 30.3 Å². The Kier molecular flexibility index (Phi) is 9.76. The highest BCUT2D eigenvalue weighted by molar-refractivity contribution is 5.93. The van der Waals surface area contributed by atoms with Crippen molar-refractivity contribution in [2.45, 2.75) is 38.4 Å². The number of hydrogen-bond acceptors (Lipinski definition) is 6. The maximum atomic E-state index is 12.7. The third kappa shape index (κ3) is 8.28. The summed E-state index contributed by atoms with van der Waals surface area (Å²) < 4.78 is 0. The van der Waals surface area contributed by atoms with Gasteiger partial charge in [0.1, 0.15) is 18.6 Å². The van der Waals surface area contributed by atoms with E-state index in [1.54, 1.807) is 44.2 Å². The first kappa shape index (κ1) is 24.1. The van der Waals surface area contributed by atoms with Crippen LogP contribution >= 0.6 is 0 Å². The Bertz CT molecular complexity index is 710. The number of aliphatic hydroxyl groups excluding tert-OH is 1. The summed E-state index contributed by atoms with van der Waals surface area (Å²) in [5.41, 5.74) is 6.61. The fourth-order valence-electron chi connectivity index (χ4n) is 2.38. The van der Waals surface area contributed by atoms with Gasteiger partial charge in [0, 0.05) is 6.42 Å². The molecule has 0 aliphatic heterocycles. The van der Waals surface area contributed by atoms with E-state index in [0.717, 1.165) is 5.56 Å². The molecule has 0 radical (unpaired) electrons. The second-order valence-corrected chi connectivity index (χ2v) is 6.88. The predicted octanol–water partition coefficient (Wildman–Crippen LogP) is -1.62. The number of carboxylic acid groups (broad SMARTS) is 1. The zero-order valence-corrected chi connectivity index (χ0v) is 16.4. The first-order valence-corrected chi connectivity index (χ1v) is 9.16. The minimum Gasteiger partial charge on any atom is -0.480 e. The number of benzene rings is 1. The SMILES string of the molecule is CC(C)C(N)C(=O)NC(Cc1ccccc1)C(=O)NC(CO)C(=O)NCC(=O)O. The predicted molar refractivity (Wildman–Crippen MR) is 105 cm³/mol. The van der Waals surface area contributed by atoms with Crippen LogP contribution in [0.25, 0.3) is 0 Å². The van der Waals surface area contributed by atoms with Gasteiger partial charge in [0.05, 0.1) is 12.6 Å². The fourth-order valence-corrected chi connectivity index (χ4v) is 2.38. The molecular formula is C19H28N4O6. The van der Waals surface area contributed by atoms with Crippen molar-refractivity contribution in [1.29, 1.82) is 0 Å². The summed E-state index contributed by atoms with van der Waals surface area (Å²) in [7, 11) is 0. The van der Waals surface area contributed by atoms with Crippen LogP contribution in [0, 0.1) is 5.92 Å². The van der Waals surface area contributed by atoms with Crippen LogP contribution in [0.1, 0.15) is 19.4 Å². The van der Waals surface area contributed by atoms with Gasteiger partial charge in [-0.15, -0.1) is 0 Å². The molecule has 0 fully saturated rings. The van der Waals surface area contributed by atoms with Crippen molar-refractivity contribution in [3.8, 4) is 0 Å². The first-order valence-electron chi connectivity index (χ1n) is 9.16. The fraction of sp³-hybridized carbons (Fsp3) is 0.474. The third-order valence-electron chi connectivity index (χ3n) is 4.17. The number of carbonyl (C=O) groups excluding carboxylic acids is 3. The summed E-state index contributed by atoms with van der Waals surface area (Å²) in [4.78, 5) is 47.6. The van der Waals surface area contributed by atoms with E-state index in [0.29, 0.717) is 0 Å². The number of amides is 3. The molecule has 3 amide bonds. The molecule has 7 N–H and O–H groups in total. The third-order valence-corrected chi connectivity index (χ3v) is 4.17. The zero-order chi connectivity index (χ0) is 22.0. The molecule has 3 atom stereocenters. The van der Waals surface area contributed by atoms with E-state index in [-0.39, 0.29) is 12.3 Å². The summed E-state index contributed by atoms with van der Waals surface area (Å²) in [6.45, 7) is 2.14. The number of aliphatic carboxylic acids is 1. The molecule has 0 aromatic heterocycles. The molecule has 1 aromatic carbocycles. The number of nitrogens with two attached hydrogens (primary N) is 1. The van der Waals surface area contributed by atoms with Crippen molar-refractivity contribution in [1.82, 2.24) is 16.0 Å². The highest BCUT2D eigenvalue weighted by atomic mass is 16.4. The lowest BCUT2D eigenvalue weighted by atomic mass is 10.0. The van der Waals surface area contributed by atoms with Gasteiger partial charge in [-0.25, -0.2) is 0 Å². The van der Waals surface area contributed by atoms with Gasteiger partial charge in [0.25, 0.3) is 0 Å². The van der Waals surface area contributed by atoms with Crippen molar-refractivity contribution >= 4 is 23.7 Å². The summed E-state index contributed by atoms with van der Waals surface area (Å²) in [6.07, 6.45) is 0.137. The summed E-state index contributed by atoms with van der Waals surface area (Å²) >= 11 is 0. The molecule has 1 rings (SSSR count). The Hall–Kier alpha value is -2.98. The highest BCUT2D eigenvalue weighted by Crippen LogP contribution is 2.06. The van der Waals surface area contributed by atoms with E-state index in [1.807, 2.05) is 0 Å². The van der Waals surface area contributed by atoms with Gasteiger partial charge >= 0.3 is 5.97 Å². The number of rotatable bonds is 11. The van der Waals surface area contributed by atoms with Crippen molar-refractivity contribution in [2.24, 2.45) is 11.7 Å². The molecule has 0 spiro atoms. The van der Waals surface area contributed by atoms with Gasteiger partial charge in [0.15, 0.2) is 0 Å². The van der Waals surface area contributed by atoms with Gasteiger partial charge in [-0.1, -0.05) is 44.2 Å². The maximum absolute atomic E-state index is 12.7. The van der Waals surface area contributed by atoms with Gasteiger partial charge < -0.3 is 31.9 Å². The second-order valence-electron chi connectivity index (χ2n) is 6.88. The van der Waals surface area contributed by atoms with Crippen molar-refractivity contribution in [3.63, 3.8) is 0 Å². The normalized spacial score (nSPS) is 13.8. The minimum atomic E-state index is -1.37. The molecule has 160 valence electrons. The lowest BCUT2D eigenvalue weighted by Gasteiger charge is -2.24. The zero-order valence-electron chi connectivity index (χ0n) is 16.4. The summed E-state index contributed by atoms with van der Waals surface area (Å²) in [5.74, 6) is -3.50. The molecule has 0 aliphatic rings. The van der Waals surface area contributed by atoms with Crippen molar-refractivity contribution < 1.29 is 29.4 Å². The van der Waals surface area contributed by atoms with E-state index < -0.39 is 55.0 Å². The second kappa shape index (κ2) is 11.8. The Morgan fingerprint density at radius 1 is 0.966 bits per heavy atom. The van der Waals surface area contributed by atoms with Gasteiger partial charge in [0.2, 0.25) is 17.7 Å². The maximum Gasteiger partial charge on any atom is 0.322 e. The molecule has 0 heterocycles. The van der Waals surface area contributed by atoms with Crippen LogP contribution in [0.2, 0.25) is 0 Å². The Labute approximate surface area is 168 Å². The molecule has 29 heavy (non-hydrogen) atoms. The monoisotopic (exact) mass is 408 g/mol. The van der Waals surface area contributed by atoms with Crippen LogP contribution < -0.4 is 21.7 Å². The number of aliphatic hydroxyl groups is 1. The summed E-state index contributed by atoms with van der Waals surface area (Å²) in [6, 6.07) is 5.68. The van der Waals surface area contributed by atoms with Gasteiger partial charge in [-0.2, -0.15) is 0 Å². The smallest absolute Gasteiger partial charge is 0.322 e. The van der Waals surface area contributed by atoms with Crippen LogP contribution in [-0.4, -0.2) is 65.2 Å². The molecule has 3 unspecified atom stereocenters. The van der Waals surface area contributed by atoms with E-state index >= 15 is 0 Å². The molecule has 1 aromatic rings. The van der Waals surface area contributed by atoms with E-state index in [9.17, 15) is 24.3 Å². The lowest BCUT2D eigenvalue weighted by Crippen LogP contribution is -2.58. The number of nitrogens with one attached hydrogen (secondary N) is 3. The average Bonchev–Trinajstić information content (AvgIpc) is 2.69. The number of carboxylic acids is 1. The van der Waals surface area contributed by atoms with E-state index in [2.05, 4.69) is 16.0 Å². The Morgan fingerprint density at radius 2 is 1.55 bits per heavy atom. The average molecular weight is 408 g/mol. The molecule has 0 bridgehead atoms. The molecule has 10 heteroatoms. The van der Waals surface area contributed by atoms with Crippen LogP contribution in [0.4, 0.5) is 0 Å². The molecule has 0 aliphatic carbocycles. The van der Waals surface area contributed by atoms with Gasteiger partial charge in [-0.3, -0.25) is 19.2 Å². The van der Waals surface area contributed by atoms with Crippen LogP contribution in [-0.2, 0) is 25.6 Å². The topological polar surface area (TPSA) is 171 Å². The Balaban J connectivity index is 2.91. The molecular weight excluding hydrogens is 380 g/mol. The number of carbonyl (C=O) groups is 4. The van der Waals surface area contributed by atoms with Crippen molar-refractivity contribution in [2.75, 3.05) is 13.2 Å². The standard InChI is InChI=1S/C19H28N4O6/c1-11(2)16(20)19(29)22-13(8-12-6-4-3-5-7-12)18(28)23-14(10-24)17(27)21-9-15(25)26/h3-7,11,13-14,16,24H,8-10,20H2,1-2H3,(H,21,27)(H,22,29)(H,23,28)(H,25,26). The van der Waals surface area contributed by atoms with E-state index in [1.165, 1.54) is 0 Å². The van der Waals surface area contributed by atoms with Crippen molar-refractivity contribution in [3.05, 3.63) is 35.9 Å². The quantitative estimate of drug-likeness (QED) is 0.255. The largest absolute Gasteiger partial charge is 0.480 e. The van der Waals surface area contributed by atoms with Gasteiger partial charge in [-0.05, 0) is 11.5 Å².